The molecule has 0 unspecified atom stereocenters. The van der Waals surface area contributed by atoms with Crippen molar-refractivity contribution in [2.75, 3.05) is 6.54 Å². The molecule has 0 bridgehead atoms. The molecule has 0 fully saturated rings. The van der Waals surface area contributed by atoms with Gasteiger partial charge in [0.05, 0.1) is 13.0 Å². The molecule has 0 saturated carbocycles. The van der Waals surface area contributed by atoms with Gasteiger partial charge in [-0.05, 0) is 11.3 Å². The van der Waals surface area contributed by atoms with Crippen molar-refractivity contribution in [1.82, 2.24) is 4.72 Å². The summed E-state index contributed by atoms with van der Waals surface area (Å²) in [5.41, 5.74) is 0. The summed E-state index contributed by atoms with van der Waals surface area (Å²) in [6, 6.07) is 7.29. The van der Waals surface area contributed by atoms with Crippen molar-refractivity contribution in [3.63, 3.8) is 0 Å². The number of hydrogen-bond donors (Lipinski definition) is 1. The smallest absolute Gasteiger partial charge is 0.211 e. The molecular weight excluding hydrogens is 238 g/mol. The van der Waals surface area contributed by atoms with Gasteiger partial charge in [-0.15, -0.1) is 0 Å². The van der Waals surface area contributed by atoms with Crippen LogP contribution in [0.15, 0.2) is 29.2 Å². The average molecular weight is 257 g/mol. The van der Waals surface area contributed by atoms with Crippen molar-refractivity contribution in [1.29, 1.82) is 0 Å². The average Bonchev–Trinajstić information content (AvgIpc) is 2.16. The first kappa shape index (κ1) is 13.4. The fourth-order valence-electron chi connectivity index (χ4n) is 1.59. The third kappa shape index (κ3) is 2.93. The standard InChI is InChI=1S/C11H19NO2SSi/c1-5-12-15(13,14)10-8-6-7-9-11(10)16(2,3)4/h6-9,12H,5H2,1-4H3. The van der Waals surface area contributed by atoms with E-state index in [4.69, 9.17) is 0 Å². The zero-order valence-corrected chi connectivity index (χ0v) is 12.1. The van der Waals surface area contributed by atoms with Gasteiger partial charge in [0.15, 0.2) is 0 Å². The molecule has 0 amide bonds. The van der Waals surface area contributed by atoms with Crippen LogP contribution in [0.1, 0.15) is 6.92 Å². The number of sulfonamides is 1. The first-order valence-electron chi connectivity index (χ1n) is 5.38. The zero-order valence-electron chi connectivity index (χ0n) is 10.2. The molecule has 0 aliphatic rings. The molecule has 1 rings (SSSR count). The summed E-state index contributed by atoms with van der Waals surface area (Å²) < 4.78 is 26.6. The van der Waals surface area contributed by atoms with Crippen molar-refractivity contribution in [2.45, 2.75) is 31.5 Å². The molecule has 0 aliphatic carbocycles. The second kappa shape index (κ2) is 4.69. The van der Waals surface area contributed by atoms with Gasteiger partial charge in [0.2, 0.25) is 10.0 Å². The number of benzene rings is 1. The minimum Gasteiger partial charge on any atom is -0.211 e. The minimum absolute atomic E-state index is 0.419. The van der Waals surface area contributed by atoms with E-state index in [2.05, 4.69) is 24.4 Å². The highest BCUT2D eigenvalue weighted by Crippen LogP contribution is 2.12. The predicted octanol–water partition coefficient (Wildman–Crippen LogP) is 1.53. The van der Waals surface area contributed by atoms with Crippen LogP contribution in [-0.2, 0) is 10.0 Å². The molecule has 90 valence electrons. The number of rotatable bonds is 4. The van der Waals surface area contributed by atoms with Crippen LogP contribution >= 0.6 is 0 Å². The van der Waals surface area contributed by atoms with E-state index < -0.39 is 18.1 Å². The van der Waals surface area contributed by atoms with Gasteiger partial charge in [0.25, 0.3) is 0 Å². The summed E-state index contributed by atoms with van der Waals surface area (Å²) in [5, 5.41) is 0.982. The van der Waals surface area contributed by atoms with Gasteiger partial charge in [-0.1, -0.05) is 44.8 Å². The normalized spacial score (nSPS) is 12.8. The van der Waals surface area contributed by atoms with E-state index in [0.717, 1.165) is 5.19 Å². The van der Waals surface area contributed by atoms with Crippen LogP contribution < -0.4 is 9.91 Å². The third-order valence-corrected chi connectivity index (χ3v) is 6.16. The molecule has 0 aromatic heterocycles. The summed E-state index contributed by atoms with van der Waals surface area (Å²) in [5.74, 6) is 0. The monoisotopic (exact) mass is 257 g/mol. The van der Waals surface area contributed by atoms with E-state index in [1.54, 1.807) is 19.1 Å². The van der Waals surface area contributed by atoms with Crippen LogP contribution in [0.5, 0.6) is 0 Å². The highest BCUT2D eigenvalue weighted by atomic mass is 32.2. The quantitative estimate of drug-likeness (QED) is 0.832. The van der Waals surface area contributed by atoms with Gasteiger partial charge in [0, 0.05) is 6.54 Å². The molecule has 5 heteroatoms. The third-order valence-electron chi connectivity index (χ3n) is 2.32. The Labute approximate surface area is 98.9 Å². The molecule has 0 radical (unpaired) electrons. The van der Waals surface area contributed by atoms with Crippen molar-refractivity contribution >= 4 is 23.3 Å². The van der Waals surface area contributed by atoms with Crippen LogP contribution in [0.4, 0.5) is 0 Å². The van der Waals surface area contributed by atoms with Gasteiger partial charge in [0.1, 0.15) is 0 Å². The first-order chi connectivity index (χ1) is 7.29. The van der Waals surface area contributed by atoms with Crippen molar-refractivity contribution in [3.05, 3.63) is 24.3 Å². The van der Waals surface area contributed by atoms with E-state index in [1.165, 1.54) is 0 Å². The van der Waals surface area contributed by atoms with Gasteiger partial charge >= 0.3 is 0 Å². The van der Waals surface area contributed by atoms with Crippen LogP contribution in [0, 0.1) is 0 Å². The summed E-state index contributed by atoms with van der Waals surface area (Å²) in [7, 11) is -4.98. The maximum atomic E-state index is 12.0. The predicted molar refractivity (Wildman–Crippen MR) is 70.3 cm³/mol. The van der Waals surface area contributed by atoms with Gasteiger partial charge < -0.3 is 0 Å². The Kier molecular flexibility index (Phi) is 3.93. The van der Waals surface area contributed by atoms with E-state index in [9.17, 15) is 8.42 Å². The first-order valence-corrected chi connectivity index (χ1v) is 10.4. The fraction of sp³-hybridized carbons (Fsp3) is 0.455. The summed E-state index contributed by atoms with van der Waals surface area (Å²) >= 11 is 0. The molecule has 0 spiro atoms. The lowest BCUT2D eigenvalue weighted by Gasteiger charge is -2.20. The molecule has 1 aromatic carbocycles. The second-order valence-corrected chi connectivity index (χ2v) is 11.5. The largest absolute Gasteiger partial charge is 0.240 e. The highest BCUT2D eigenvalue weighted by Gasteiger charge is 2.25. The lowest BCUT2D eigenvalue weighted by molar-refractivity contribution is 0.584. The Balaban J connectivity index is 3.35. The molecule has 0 atom stereocenters. The van der Waals surface area contributed by atoms with Crippen LogP contribution in [-0.4, -0.2) is 23.0 Å². The van der Waals surface area contributed by atoms with Crippen LogP contribution in [0.25, 0.3) is 0 Å². The summed E-state index contributed by atoms with van der Waals surface area (Å²) in [6.07, 6.45) is 0. The Morgan fingerprint density at radius 2 is 1.75 bits per heavy atom. The molecular formula is C11H19NO2SSi. The van der Waals surface area contributed by atoms with Crippen molar-refractivity contribution in [2.24, 2.45) is 0 Å². The van der Waals surface area contributed by atoms with Crippen molar-refractivity contribution < 1.29 is 8.42 Å². The molecule has 3 nitrogen and oxygen atoms in total. The minimum atomic E-state index is -3.34. The van der Waals surface area contributed by atoms with Gasteiger partial charge in [-0.2, -0.15) is 0 Å². The van der Waals surface area contributed by atoms with Crippen LogP contribution in [0.2, 0.25) is 19.6 Å². The molecule has 1 N–H and O–H groups in total. The van der Waals surface area contributed by atoms with E-state index in [0.29, 0.717) is 11.4 Å². The fourth-order valence-corrected chi connectivity index (χ4v) is 5.48. The molecule has 0 saturated heterocycles. The van der Waals surface area contributed by atoms with E-state index in [-0.39, 0.29) is 0 Å². The maximum absolute atomic E-state index is 12.0. The SMILES string of the molecule is CCNS(=O)(=O)c1ccccc1[Si](C)(C)C. The topological polar surface area (TPSA) is 46.2 Å². The molecule has 1 aromatic rings. The number of hydrogen-bond acceptors (Lipinski definition) is 2. The highest BCUT2D eigenvalue weighted by molar-refractivity contribution is 7.89. The van der Waals surface area contributed by atoms with E-state index >= 15 is 0 Å². The second-order valence-electron chi connectivity index (χ2n) is 4.75. The molecule has 0 aliphatic heterocycles. The van der Waals surface area contributed by atoms with Crippen molar-refractivity contribution in [3.8, 4) is 0 Å². The summed E-state index contributed by atoms with van der Waals surface area (Å²) in [6.45, 7) is 8.64. The van der Waals surface area contributed by atoms with Gasteiger partial charge in [-0.3, -0.25) is 0 Å². The Hall–Kier alpha value is -0.653. The summed E-state index contributed by atoms with van der Waals surface area (Å²) in [4.78, 5) is 0.441. The van der Waals surface area contributed by atoms with Gasteiger partial charge in [-0.25, -0.2) is 13.1 Å². The molecule has 16 heavy (non-hydrogen) atoms. The van der Waals surface area contributed by atoms with E-state index in [1.807, 2.05) is 12.1 Å². The Bertz CT molecular complexity index is 463. The lowest BCUT2D eigenvalue weighted by atomic mass is 10.4. The zero-order chi connectivity index (χ0) is 12.4. The number of nitrogens with one attached hydrogen (secondary N) is 1. The Morgan fingerprint density at radius 3 is 2.25 bits per heavy atom. The maximum Gasteiger partial charge on any atom is 0.240 e. The van der Waals surface area contributed by atoms with Crippen LogP contribution in [0.3, 0.4) is 0 Å². The lowest BCUT2D eigenvalue weighted by Crippen LogP contribution is -2.42. The molecule has 0 heterocycles. The Morgan fingerprint density at radius 1 is 1.19 bits per heavy atom.